The number of hydrogen-bond acceptors (Lipinski definition) is 7. The number of thioether (sulfide) groups is 2. The molecule has 1 aliphatic carbocycles. The molecule has 3 fully saturated rings. The molecule has 3 aliphatic rings. The topological polar surface area (TPSA) is 91.0 Å². The number of benzene rings is 1. The minimum absolute atomic E-state index is 0.0541. The fourth-order valence-corrected chi connectivity index (χ4v) is 7.65. The Hall–Kier alpha value is -2.17. The minimum Gasteiger partial charge on any atom is -0.444 e. The molecule has 8 nitrogen and oxygen atoms in total. The third kappa shape index (κ3) is 10.3. The number of nitrogens with zero attached hydrogens (tertiary/aromatic N) is 2. The number of likely N-dealkylation sites (tertiary alicyclic amines) is 1. The molecule has 10 heteroatoms. The van der Waals surface area contributed by atoms with Gasteiger partial charge >= 0.3 is 6.09 Å². The summed E-state index contributed by atoms with van der Waals surface area (Å²) >= 11 is 3.11. The molecule has 1 aromatic carbocycles. The first-order valence-corrected chi connectivity index (χ1v) is 17.2. The Balaban J connectivity index is 1.35. The Morgan fingerprint density at radius 3 is 2.44 bits per heavy atom. The highest BCUT2D eigenvalue weighted by molar-refractivity contribution is 8.02. The fourth-order valence-electron chi connectivity index (χ4n) is 5.48. The molecule has 0 spiro atoms. The van der Waals surface area contributed by atoms with Crippen molar-refractivity contribution in [1.29, 1.82) is 0 Å². The van der Waals surface area contributed by atoms with Gasteiger partial charge in [0.25, 0.3) is 5.91 Å². The van der Waals surface area contributed by atoms with Crippen LogP contribution in [0.4, 0.5) is 4.79 Å². The number of ether oxygens (including phenoxy) is 1. The molecule has 2 saturated heterocycles. The highest BCUT2D eigenvalue weighted by Crippen LogP contribution is 2.28. The van der Waals surface area contributed by atoms with Crippen molar-refractivity contribution in [1.82, 2.24) is 20.4 Å². The van der Waals surface area contributed by atoms with Crippen LogP contribution in [0.5, 0.6) is 0 Å². The van der Waals surface area contributed by atoms with Crippen LogP contribution in [0.15, 0.2) is 41.4 Å². The van der Waals surface area contributed by atoms with Crippen molar-refractivity contribution in [3.05, 3.63) is 47.0 Å². The summed E-state index contributed by atoms with van der Waals surface area (Å²) in [7, 11) is 0. The Morgan fingerprint density at radius 2 is 1.76 bits per heavy atom. The lowest BCUT2D eigenvalue weighted by Crippen LogP contribution is -2.51. The van der Waals surface area contributed by atoms with Crippen LogP contribution in [0.1, 0.15) is 71.3 Å². The highest BCUT2D eigenvalue weighted by atomic mass is 32.2. The van der Waals surface area contributed by atoms with E-state index in [0.717, 1.165) is 38.2 Å². The number of carbonyl (C=O) groups is 3. The van der Waals surface area contributed by atoms with E-state index in [9.17, 15) is 14.4 Å². The van der Waals surface area contributed by atoms with Gasteiger partial charge < -0.3 is 15.4 Å². The molecule has 4 rings (SSSR count). The van der Waals surface area contributed by atoms with E-state index in [1.165, 1.54) is 54.3 Å². The van der Waals surface area contributed by atoms with E-state index in [1.807, 2.05) is 32.2 Å². The van der Waals surface area contributed by atoms with Crippen LogP contribution < -0.4 is 10.6 Å². The normalized spacial score (nSPS) is 21.5. The Kier molecular flexibility index (Phi) is 11.9. The van der Waals surface area contributed by atoms with E-state index < -0.39 is 17.7 Å². The van der Waals surface area contributed by atoms with Gasteiger partial charge in [-0.3, -0.25) is 19.4 Å². The summed E-state index contributed by atoms with van der Waals surface area (Å²) in [5, 5.41) is 7.88. The molecule has 2 aliphatic heterocycles. The lowest BCUT2D eigenvalue weighted by atomic mass is 9.91. The quantitative estimate of drug-likeness (QED) is 0.369. The summed E-state index contributed by atoms with van der Waals surface area (Å²) in [5.74, 6) is 1.83. The average Bonchev–Trinajstić information content (AvgIpc) is 3.44. The molecular formula is C31H46N4O4S2. The summed E-state index contributed by atoms with van der Waals surface area (Å²) in [5.41, 5.74) is 0.912. The third-order valence-corrected chi connectivity index (χ3v) is 9.82. The monoisotopic (exact) mass is 602 g/mol. The maximum Gasteiger partial charge on any atom is 0.411 e. The molecule has 0 unspecified atom stereocenters. The molecule has 0 radical (unpaired) electrons. The standard InChI is InChI=1S/C31H46N4O4S2/c1-31(2,3)39-30(38)35-22-41-21-27(35)29(37)33-26(20-40-19-24-12-8-5-9-13-24)28(36)32-25-14-16-34(17-15-25)18-23-10-6-4-7-11-23/h4,6-7,10-11,20,24-25,27H,5,8-9,12-19,21-22H2,1-3H3,(H,32,36)(H,33,37)/b26-20+/t27-/m0/s1. The van der Waals surface area contributed by atoms with E-state index >= 15 is 0 Å². The smallest absolute Gasteiger partial charge is 0.411 e. The van der Waals surface area contributed by atoms with Crippen LogP contribution in [0.2, 0.25) is 0 Å². The molecule has 0 bridgehead atoms. The number of carbonyl (C=O) groups excluding carboxylic acids is 3. The van der Waals surface area contributed by atoms with Gasteiger partial charge in [0, 0.05) is 42.6 Å². The lowest BCUT2D eigenvalue weighted by Gasteiger charge is -2.32. The predicted molar refractivity (Wildman–Crippen MR) is 167 cm³/mol. The summed E-state index contributed by atoms with van der Waals surface area (Å²) in [6.45, 7) is 8.16. The van der Waals surface area contributed by atoms with Crippen molar-refractivity contribution in [2.45, 2.75) is 89.9 Å². The molecule has 3 amide bonds. The molecule has 0 aromatic heterocycles. The van der Waals surface area contributed by atoms with Gasteiger partial charge in [-0.2, -0.15) is 0 Å². The van der Waals surface area contributed by atoms with Crippen LogP contribution in [0.25, 0.3) is 0 Å². The number of rotatable bonds is 9. The maximum absolute atomic E-state index is 13.5. The van der Waals surface area contributed by atoms with E-state index in [4.69, 9.17) is 4.74 Å². The molecule has 2 heterocycles. The van der Waals surface area contributed by atoms with Gasteiger partial charge in [0.15, 0.2) is 0 Å². The van der Waals surface area contributed by atoms with E-state index in [1.54, 1.807) is 11.8 Å². The van der Waals surface area contributed by atoms with Crippen LogP contribution >= 0.6 is 23.5 Å². The van der Waals surface area contributed by atoms with Gasteiger partial charge in [-0.15, -0.1) is 23.5 Å². The van der Waals surface area contributed by atoms with Gasteiger partial charge in [-0.05, 0) is 57.9 Å². The molecule has 2 N–H and O–H groups in total. The maximum atomic E-state index is 13.5. The van der Waals surface area contributed by atoms with Crippen molar-refractivity contribution in [3.63, 3.8) is 0 Å². The summed E-state index contributed by atoms with van der Waals surface area (Å²) in [4.78, 5) is 43.5. The SMILES string of the molecule is CC(C)(C)OC(=O)N1CSC[C@H]1C(=O)N/C(=C/SCC1CCCCC1)C(=O)NC1CCN(Cc2ccccc2)CC1. The largest absolute Gasteiger partial charge is 0.444 e. The zero-order valence-corrected chi connectivity index (χ0v) is 26.4. The van der Waals surface area contributed by atoms with E-state index in [0.29, 0.717) is 17.5 Å². The number of nitrogens with one attached hydrogen (secondary N) is 2. The summed E-state index contributed by atoms with van der Waals surface area (Å²) in [6.07, 6.45) is 7.50. The van der Waals surface area contributed by atoms with Crippen LogP contribution in [-0.4, -0.2) is 75.9 Å². The van der Waals surface area contributed by atoms with Gasteiger partial charge in [0.2, 0.25) is 5.91 Å². The number of amides is 3. The zero-order valence-electron chi connectivity index (χ0n) is 24.7. The predicted octanol–water partition coefficient (Wildman–Crippen LogP) is 5.35. The molecular weight excluding hydrogens is 556 g/mol. The Bertz CT molecular complexity index is 1050. The van der Waals surface area contributed by atoms with E-state index in [2.05, 4.69) is 39.8 Å². The van der Waals surface area contributed by atoms with Crippen molar-refractivity contribution in [3.8, 4) is 0 Å². The fraction of sp³-hybridized carbons (Fsp3) is 0.645. The minimum atomic E-state index is -0.685. The molecule has 1 atom stereocenters. The first-order chi connectivity index (χ1) is 19.7. The number of piperidine rings is 1. The third-order valence-electron chi connectivity index (χ3n) is 7.75. The second-order valence-electron chi connectivity index (χ2n) is 12.3. The zero-order chi connectivity index (χ0) is 29.2. The lowest BCUT2D eigenvalue weighted by molar-refractivity contribution is -0.126. The molecule has 41 heavy (non-hydrogen) atoms. The average molecular weight is 603 g/mol. The summed E-state index contributed by atoms with van der Waals surface area (Å²) < 4.78 is 5.52. The number of hydrogen-bond donors (Lipinski definition) is 2. The van der Waals surface area contributed by atoms with E-state index in [-0.39, 0.29) is 23.6 Å². The Morgan fingerprint density at radius 1 is 1.05 bits per heavy atom. The van der Waals surface area contributed by atoms with Crippen molar-refractivity contribution in [2.24, 2.45) is 5.92 Å². The first-order valence-electron chi connectivity index (χ1n) is 14.9. The highest BCUT2D eigenvalue weighted by Gasteiger charge is 2.38. The van der Waals surface area contributed by atoms with Gasteiger partial charge in [0.1, 0.15) is 17.3 Å². The van der Waals surface area contributed by atoms with Gasteiger partial charge in [0.05, 0.1) is 5.88 Å². The van der Waals surface area contributed by atoms with Crippen molar-refractivity contribution < 1.29 is 19.1 Å². The van der Waals surface area contributed by atoms with Crippen LogP contribution in [-0.2, 0) is 20.9 Å². The Labute approximate surface area is 253 Å². The van der Waals surface area contributed by atoms with Crippen LogP contribution in [0.3, 0.4) is 0 Å². The second kappa shape index (κ2) is 15.3. The van der Waals surface area contributed by atoms with Gasteiger partial charge in [-0.25, -0.2) is 4.79 Å². The molecule has 1 aromatic rings. The second-order valence-corrected chi connectivity index (χ2v) is 14.2. The van der Waals surface area contributed by atoms with Crippen LogP contribution in [0, 0.1) is 5.92 Å². The van der Waals surface area contributed by atoms with Gasteiger partial charge in [-0.1, -0.05) is 49.6 Å². The van der Waals surface area contributed by atoms with Crippen molar-refractivity contribution >= 4 is 41.4 Å². The first kappa shape index (κ1) is 31.8. The molecule has 226 valence electrons. The molecule has 1 saturated carbocycles. The summed E-state index contributed by atoms with van der Waals surface area (Å²) in [6, 6.07) is 9.82. The van der Waals surface area contributed by atoms with Crippen molar-refractivity contribution in [2.75, 3.05) is 30.5 Å².